The molecular weight excluding hydrogens is 944 g/mol. The second kappa shape index (κ2) is 18.8. The summed E-state index contributed by atoms with van der Waals surface area (Å²) in [5, 5.41) is 10.9. The second-order valence-electron chi connectivity index (χ2n) is 16.4. The molecule has 3 aliphatic heterocycles. The predicted molar refractivity (Wildman–Crippen MR) is 301 cm³/mol. The number of rotatable bonds is 7. The summed E-state index contributed by atoms with van der Waals surface area (Å²) in [6.45, 7) is 25.2. The normalized spacial score (nSPS) is 23.0. The number of fused-ring (bicyclic) bond motifs is 7. The molecule has 2 aromatic carbocycles. The molecular formula is C43H60N4P12. The monoisotopic (exact) mass is 1000 g/mol. The molecule has 0 fully saturated rings. The molecule has 3 aliphatic rings. The highest BCUT2D eigenvalue weighted by Crippen LogP contribution is 2.83. The zero-order valence-corrected chi connectivity index (χ0v) is 48.6. The van der Waals surface area contributed by atoms with Crippen LogP contribution in [0.4, 0.5) is 0 Å². The van der Waals surface area contributed by atoms with Crippen molar-refractivity contribution in [1.29, 1.82) is 0 Å². The topological polar surface area (TPSA) is 56.0 Å². The minimum Gasteiger partial charge on any atom is -0.358 e. The third-order valence-electron chi connectivity index (χ3n) is 13.3. The molecule has 59 heavy (non-hydrogen) atoms. The largest absolute Gasteiger partial charge is 0.358 e. The number of aromatic nitrogens is 2. The molecule has 0 saturated carbocycles. The summed E-state index contributed by atoms with van der Waals surface area (Å²) in [4.78, 5) is 13.7. The molecule has 0 aliphatic carbocycles. The first kappa shape index (κ1) is 47.5. The molecule has 7 rings (SSSR count). The van der Waals surface area contributed by atoms with Crippen molar-refractivity contribution in [3.05, 3.63) is 119 Å². The fraction of sp³-hybridized carbons (Fsp3) is 0.326. The van der Waals surface area contributed by atoms with Gasteiger partial charge in [0.15, 0.2) is 0 Å². The lowest BCUT2D eigenvalue weighted by molar-refractivity contribution is 0.590. The van der Waals surface area contributed by atoms with Crippen molar-refractivity contribution in [3.63, 3.8) is 0 Å². The van der Waals surface area contributed by atoms with Crippen LogP contribution in [0.25, 0.3) is 23.3 Å². The Morgan fingerprint density at radius 3 is 1.88 bits per heavy atom. The van der Waals surface area contributed by atoms with Gasteiger partial charge >= 0.3 is 0 Å². The highest BCUT2D eigenvalue weighted by molar-refractivity contribution is 8.83. The summed E-state index contributed by atoms with van der Waals surface area (Å²) in [6, 6.07) is 9.14. The van der Waals surface area contributed by atoms with Crippen molar-refractivity contribution in [1.82, 2.24) is 15.3 Å². The minimum atomic E-state index is -0.581. The summed E-state index contributed by atoms with van der Waals surface area (Å²) in [7, 11) is 21.7. The van der Waals surface area contributed by atoms with Crippen LogP contribution >= 0.6 is 99.3 Å². The minimum absolute atomic E-state index is 0.213. The van der Waals surface area contributed by atoms with E-state index in [-0.39, 0.29) is 17.8 Å². The summed E-state index contributed by atoms with van der Waals surface area (Å²) >= 11 is 0. The molecule has 0 spiro atoms. The highest BCUT2D eigenvalue weighted by atomic mass is 32.8. The quantitative estimate of drug-likeness (QED) is 0.159. The first-order valence-corrected chi connectivity index (χ1v) is 39.3. The third kappa shape index (κ3) is 8.50. The van der Waals surface area contributed by atoms with E-state index in [1.165, 1.54) is 94.5 Å². The van der Waals surface area contributed by atoms with Crippen LogP contribution < -0.4 is 31.9 Å². The number of nitrogens with zero attached hydrogens (tertiary/aromatic N) is 1. The number of aliphatic imine (C=N–C) groups is 1. The Hall–Kier alpha value is 0.590. The van der Waals surface area contributed by atoms with Gasteiger partial charge in [0.1, 0.15) is 0 Å². The molecule has 312 valence electrons. The van der Waals surface area contributed by atoms with Crippen LogP contribution in [0.1, 0.15) is 89.2 Å². The fourth-order valence-corrected chi connectivity index (χ4v) is 24.7. The van der Waals surface area contributed by atoms with E-state index in [1.54, 1.807) is 5.30 Å². The van der Waals surface area contributed by atoms with E-state index in [4.69, 9.17) is 4.99 Å². The van der Waals surface area contributed by atoms with Crippen molar-refractivity contribution >= 4 is 144 Å². The number of hydrogen-bond donors (Lipinski definition) is 3. The van der Waals surface area contributed by atoms with Gasteiger partial charge in [0, 0.05) is 78.7 Å². The average Bonchev–Trinajstić information content (AvgIpc) is 3.98. The van der Waals surface area contributed by atoms with Gasteiger partial charge in [0.05, 0.1) is 5.70 Å². The molecule has 4 nitrogen and oxygen atoms in total. The molecule has 0 saturated heterocycles. The Labute approximate surface area is 375 Å². The number of benzene rings is 2. The number of hydrogen-bond acceptors (Lipinski definition) is 2. The molecule has 0 amide bonds. The number of allylic oxidation sites excluding steroid dienone is 3. The maximum absolute atomic E-state index is 5.72. The third-order valence-corrected chi connectivity index (χ3v) is 42.3. The fourth-order valence-electron chi connectivity index (χ4n) is 8.99. The smallest absolute Gasteiger partial charge is 0.0541 e. The molecule has 8 bridgehead atoms. The molecule has 13 unspecified atom stereocenters. The van der Waals surface area contributed by atoms with Gasteiger partial charge in [0.2, 0.25) is 0 Å². The van der Waals surface area contributed by atoms with Gasteiger partial charge in [-0.3, -0.25) is 4.99 Å². The number of aromatic amines is 2. The highest BCUT2D eigenvalue weighted by Gasteiger charge is 2.37. The zero-order valence-electron chi connectivity index (χ0n) is 36.0. The summed E-state index contributed by atoms with van der Waals surface area (Å²) in [6.07, 6.45) is 4.66. The van der Waals surface area contributed by atoms with Gasteiger partial charge in [-0.2, -0.15) is 0 Å². The van der Waals surface area contributed by atoms with Crippen molar-refractivity contribution < 1.29 is 0 Å². The Kier molecular flexibility index (Phi) is 15.2. The van der Waals surface area contributed by atoms with E-state index in [2.05, 4.69) is 190 Å². The Morgan fingerprint density at radius 2 is 1.27 bits per heavy atom. The van der Waals surface area contributed by atoms with E-state index >= 15 is 0 Å². The molecule has 13 atom stereocenters. The van der Waals surface area contributed by atoms with Crippen LogP contribution in [-0.2, 0) is 0 Å². The lowest BCUT2D eigenvalue weighted by atomic mass is 9.84. The zero-order chi connectivity index (χ0) is 43.1. The maximum Gasteiger partial charge on any atom is 0.0541 e. The van der Waals surface area contributed by atoms with Gasteiger partial charge in [-0.15, -0.1) is 62.5 Å². The van der Waals surface area contributed by atoms with E-state index in [1.807, 2.05) is 0 Å². The van der Waals surface area contributed by atoms with Crippen molar-refractivity contribution in [2.75, 3.05) is 0 Å². The molecule has 2 aromatic heterocycles. The van der Waals surface area contributed by atoms with Gasteiger partial charge in [0.25, 0.3) is 0 Å². The first-order chi connectivity index (χ1) is 27.8. The van der Waals surface area contributed by atoms with E-state index in [0.29, 0.717) is 0 Å². The Morgan fingerprint density at radius 1 is 0.644 bits per heavy atom. The summed E-state index contributed by atoms with van der Waals surface area (Å²) in [5.41, 5.74) is 23.0. The predicted octanol–water partition coefficient (Wildman–Crippen LogP) is 12.4. The molecule has 3 N–H and O–H groups in total. The van der Waals surface area contributed by atoms with Crippen molar-refractivity contribution in [2.24, 2.45) is 22.7 Å². The van der Waals surface area contributed by atoms with Crippen LogP contribution in [0.2, 0.25) is 0 Å². The number of H-pyrrole nitrogens is 2. The molecule has 16 heteroatoms. The second-order valence-corrected chi connectivity index (χ2v) is 47.0. The summed E-state index contributed by atoms with van der Waals surface area (Å²) in [5.74, 6) is 0.665. The van der Waals surface area contributed by atoms with Crippen molar-refractivity contribution in [3.8, 4) is 0 Å². The van der Waals surface area contributed by atoms with Crippen LogP contribution in [0.3, 0.4) is 0 Å². The Bertz CT molecular complexity index is 2630. The van der Waals surface area contributed by atoms with Crippen molar-refractivity contribution in [2.45, 2.75) is 76.2 Å². The average molecular weight is 1000 g/mol. The van der Waals surface area contributed by atoms with Gasteiger partial charge < -0.3 is 15.3 Å². The molecule has 0 radical (unpaired) electrons. The van der Waals surface area contributed by atoms with Crippen LogP contribution in [-0.4, -0.2) is 15.7 Å². The van der Waals surface area contributed by atoms with Gasteiger partial charge in [-0.05, 0) is 182 Å². The lowest BCUT2D eigenvalue weighted by Crippen LogP contribution is -2.36. The van der Waals surface area contributed by atoms with E-state index in [0.717, 1.165) is 35.8 Å². The van der Waals surface area contributed by atoms with E-state index in [9.17, 15) is 0 Å². The maximum atomic E-state index is 5.72. The summed E-state index contributed by atoms with van der Waals surface area (Å²) < 4.78 is 0. The Balaban J connectivity index is 1.63. The van der Waals surface area contributed by atoms with Crippen LogP contribution in [0.5, 0.6) is 0 Å². The van der Waals surface area contributed by atoms with Crippen LogP contribution in [0, 0.1) is 66.2 Å². The van der Waals surface area contributed by atoms with Gasteiger partial charge in [-0.1, -0.05) is 28.7 Å². The first-order valence-electron chi connectivity index (χ1n) is 19.8. The molecule has 5 heterocycles. The van der Waals surface area contributed by atoms with Crippen LogP contribution in [0.15, 0.2) is 51.9 Å². The van der Waals surface area contributed by atoms with E-state index < -0.39 is 28.9 Å². The SMILES string of the molecule is CC1=C2N/C(=C\c3ccc([nH]3)C(c3c(C)c(C)c(P(P)P)c(P(P)PP)c3P(P)P(P)P)=C3N=C(/C=c4/cc/c([nH]4)=C/2c2c(C)c(C)c(C)c(C)c2C)C(C)C3C)C1C. The standard InChI is InChI=1S/C43H60N4P12/c1-18-19(2)23(6)35(24(7)20(18)3)37-31-14-12-29(44-31)16-34-22(5)27(10)40(47-34)38(32-15-13-30(45-32)17-33-21(4)26(9)39(37)46-33)36-25(8)28(11)41(56(49)50)43(57(51)55-48)42(36)58(52)59(53)54/h12-17,21-22,27,44-46,55H,48-54H2,1-11H3/b29-16-,33-17-,37-31-,40-38?. The van der Waals surface area contributed by atoms with Gasteiger partial charge in [-0.25, -0.2) is 0 Å². The lowest BCUT2D eigenvalue weighted by Gasteiger charge is -2.33. The number of nitrogens with one attached hydrogen (secondary N) is 3. The molecule has 4 aromatic rings.